The normalized spacial score (nSPS) is 35.4. The predicted molar refractivity (Wildman–Crippen MR) is 149 cm³/mol. The number of azide groups is 1. The minimum Gasteiger partial charge on any atom is -0.417 e. The van der Waals surface area contributed by atoms with Crippen molar-refractivity contribution in [2.45, 2.75) is 98.2 Å². The van der Waals surface area contributed by atoms with Crippen LogP contribution >= 0.6 is 11.3 Å². The molecule has 0 unspecified atom stereocenters. The van der Waals surface area contributed by atoms with Gasteiger partial charge in [-0.3, -0.25) is 0 Å². The minimum absolute atomic E-state index is 0.106. The van der Waals surface area contributed by atoms with Crippen LogP contribution in [0.25, 0.3) is 10.4 Å². The molecule has 35 heavy (non-hydrogen) atoms. The van der Waals surface area contributed by atoms with E-state index in [2.05, 4.69) is 71.2 Å². The molecule has 0 radical (unpaired) electrons. The molecule has 2 saturated carbocycles. The molecule has 1 heterocycles. The van der Waals surface area contributed by atoms with Gasteiger partial charge in [0.1, 0.15) is 0 Å². The van der Waals surface area contributed by atoms with Gasteiger partial charge in [0, 0.05) is 22.9 Å². The molecule has 3 aliphatic carbocycles. The molecule has 7 heteroatoms. The van der Waals surface area contributed by atoms with Crippen molar-refractivity contribution in [1.82, 2.24) is 4.98 Å². The summed E-state index contributed by atoms with van der Waals surface area (Å²) in [5, 5.41) is 5.57. The molecule has 0 bridgehead atoms. The fraction of sp³-hybridized carbons (Fsp3) is 0.821. The van der Waals surface area contributed by atoms with Crippen molar-refractivity contribution < 1.29 is 4.43 Å². The monoisotopic (exact) mass is 514 g/mol. The topological polar surface area (TPSA) is 70.9 Å². The van der Waals surface area contributed by atoms with Crippen LogP contribution in [0.4, 0.5) is 0 Å². The molecule has 2 fully saturated rings. The molecule has 0 aromatic carbocycles. The standard InChI is InChI=1S/C28H46N4OSSi/c1-18-10-11-22-21(16-30-32-29)23(12-13-27(18,22)6)28(7)15-25-24(31-19(2)34-25)14-20(28)17-33-35(8,9)26(3,4)5/h20-23H,1,10-17H2,2-9H3/t20-,21+,22+,23+,27-,28+/m1/s1. The van der Waals surface area contributed by atoms with Crippen LogP contribution in [-0.4, -0.2) is 26.5 Å². The molecule has 0 aliphatic heterocycles. The summed E-state index contributed by atoms with van der Waals surface area (Å²) >= 11 is 1.89. The van der Waals surface area contributed by atoms with E-state index in [9.17, 15) is 5.53 Å². The number of nitrogens with zero attached hydrogens (tertiary/aromatic N) is 4. The van der Waals surface area contributed by atoms with Gasteiger partial charge in [0.05, 0.1) is 10.7 Å². The summed E-state index contributed by atoms with van der Waals surface area (Å²) in [5.74, 6) is 1.90. The largest absolute Gasteiger partial charge is 0.417 e. The summed E-state index contributed by atoms with van der Waals surface area (Å²) in [6, 6.07) is 0. The average molecular weight is 515 g/mol. The maximum Gasteiger partial charge on any atom is 0.191 e. The molecule has 0 amide bonds. The lowest BCUT2D eigenvalue weighted by atomic mass is 9.50. The molecular weight excluding hydrogens is 468 g/mol. The quantitative estimate of drug-likeness (QED) is 0.125. The van der Waals surface area contributed by atoms with Crippen molar-refractivity contribution in [2.75, 3.05) is 13.2 Å². The van der Waals surface area contributed by atoms with Crippen LogP contribution in [0.3, 0.4) is 0 Å². The zero-order valence-electron chi connectivity index (χ0n) is 23.3. The van der Waals surface area contributed by atoms with Crippen LogP contribution in [0, 0.1) is 41.4 Å². The van der Waals surface area contributed by atoms with Crippen LogP contribution in [0.15, 0.2) is 17.3 Å². The second-order valence-corrected chi connectivity index (χ2v) is 19.7. The molecule has 6 atom stereocenters. The van der Waals surface area contributed by atoms with E-state index in [1.807, 2.05) is 11.3 Å². The van der Waals surface area contributed by atoms with Crippen LogP contribution < -0.4 is 0 Å². The maximum absolute atomic E-state index is 9.27. The highest BCUT2D eigenvalue weighted by Gasteiger charge is 2.57. The highest BCUT2D eigenvalue weighted by Crippen LogP contribution is 2.63. The number of aromatic nitrogens is 1. The van der Waals surface area contributed by atoms with Crippen molar-refractivity contribution in [1.29, 1.82) is 0 Å². The lowest BCUT2D eigenvalue weighted by Gasteiger charge is -2.56. The van der Waals surface area contributed by atoms with E-state index in [0.717, 1.165) is 25.9 Å². The number of aryl methyl sites for hydroxylation is 1. The van der Waals surface area contributed by atoms with Gasteiger partial charge in [-0.2, -0.15) is 0 Å². The Hall–Kier alpha value is -1.14. The summed E-state index contributed by atoms with van der Waals surface area (Å²) in [6.45, 7) is 24.7. The molecule has 0 N–H and O–H groups in total. The minimum atomic E-state index is -1.86. The molecule has 4 rings (SSSR count). The Morgan fingerprint density at radius 1 is 1.26 bits per heavy atom. The predicted octanol–water partition coefficient (Wildman–Crippen LogP) is 8.50. The van der Waals surface area contributed by atoms with Crippen LogP contribution in [0.5, 0.6) is 0 Å². The maximum atomic E-state index is 9.27. The van der Waals surface area contributed by atoms with Gasteiger partial charge in [-0.15, -0.1) is 11.3 Å². The highest BCUT2D eigenvalue weighted by molar-refractivity contribution is 7.11. The highest BCUT2D eigenvalue weighted by atomic mass is 32.1. The van der Waals surface area contributed by atoms with E-state index in [1.54, 1.807) is 0 Å². The third-order valence-electron chi connectivity index (χ3n) is 10.8. The van der Waals surface area contributed by atoms with Crippen LogP contribution in [0.1, 0.15) is 75.9 Å². The van der Waals surface area contributed by atoms with Gasteiger partial charge in [-0.05, 0) is 104 Å². The summed E-state index contributed by atoms with van der Waals surface area (Å²) in [7, 11) is -1.86. The Kier molecular flexibility index (Phi) is 7.15. The lowest BCUT2D eigenvalue weighted by Crippen LogP contribution is -2.53. The third-order valence-corrected chi connectivity index (χ3v) is 16.4. The molecule has 0 spiro atoms. The Bertz CT molecular complexity index is 1020. The van der Waals surface area contributed by atoms with Crippen LogP contribution in [0.2, 0.25) is 18.1 Å². The molecule has 1 aromatic heterocycles. The van der Waals surface area contributed by atoms with E-state index >= 15 is 0 Å². The smallest absolute Gasteiger partial charge is 0.191 e. The number of allylic oxidation sites excluding steroid dienone is 1. The Morgan fingerprint density at radius 3 is 2.63 bits per heavy atom. The second kappa shape index (κ2) is 9.31. The second-order valence-electron chi connectivity index (χ2n) is 13.6. The lowest BCUT2D eigenvalue weighted by molar-refractivity contribution is -0.0516. The van der Waals surface area contributed by atoms with Gasteiger partial charge in [-0.25, -0.2) is 4.98 Å². The van der Waals surface area contributed by atoms with E-state index < -0.39 is 8.32 Å². The van der Waals surface area contributed by atoms with Crippen molar-refractivity contribution in [3.05, 3.63) is 38.2 Å². The molecular formula is C28H46N4OSSi. The first-order valence-corrected chi connectivity index (χ1v) is 17.2. The molecule has 1 aromatic rings. The van der Waals surface area contributed by atoms with Crippen molar-refractivity contribution in [3.8, 4) is 0 Å². The van der Waals surface area contributed by atoms with Crippen molar-refractivity contribution in [3.63, 3.8) is 0 Å². The Balaban J connectivity index is 1.71. The molecule has 3 aliphatic rings. The first-order chi connectivity index (χ1) is 16.2. The van der Waals surface area contributed by atoms with Crippen molar-refractivity contribution >= 4 is 19.7 Å². The summed E-state index contributed by atoms with van der Waals surface area (Å²) in [5.41, 5.74) is 12.3. The van der Waals surface area contributed by atoms with E-state index in [-0.39, 0.29) is 15.9 Å². The van der Waals surface area contributed by atoms with E-state index in [0.29, 0.717) is 30.2 Å². The van der Waals surface area contributed by atoms with E-state index in [1.165, 1.54) is 40.4 Å². The summed E-state index contributed by atoms with van der Waals surface area (Å²) in [6.07, 6.45) is 6.76. The van der Waals surface area contributed by atoms with Crippen molar-refractivity contribution in [2.24, 2.45) is 39.6 Å². The zero-order chi connectivity index (χ0) is 25.8. The van der Waals surface area contributed by atoms with Crippen LogP contribution in [-0.2, 0) is 17.3 Å². The first-order valence-electron chi connectivity index (χ1n) is 13.5. The Morgan fingerprint density at radius 2 is 1.97 bits per heavy atom. The van der Waals surface area contributed by atoms with Gasteiger partial charge >= 0.3 is 0 Å². The number of hydrogen-bond acceptors (Lipinski definition) is 4. The third kappa shape index (κ3) is 4.67. The fourth-order valence-electron chi connectivity index (χ4n) is 7.37. The van der Waals surface area contributed by atoms with Gasteiger partial charge in [0.2, 0.25) is 0 Å². The summed E-state index contributed by atoms with van der Waals surface area (Å²) < 4.78 is 6.90. The number of rotatable bonds is 6. The van der Waals surface area contributed by atoms with Gasteiger partial charge < -0.3 is 4.43 Å². The van der Waals surface area contributed by atoms with Gasteiger partial charge in [0.15, 0.2) is 8.32 Å². The molecule has 0 saturated heterocycles. The number of thiazole rings is 1. The SMILES string of the molecule is C=C1CC[C@H]2[C@H](CN=[N+]=[N-])[C@@H]([C@@]3(C)Cc4sc(C)nc4C[C@@H]3CO[Si](C)(C)C(C)(C)C)CC[C@]12C. The number of hydrogen-bond donors (Lipinski definition) is 0. The first kappa shape index (κ1) is 26.9. The zero-order valence-corrected chi connectivity index (χ0v) is 25.1. The van der Waals surface area contributed by atoms with Gasteiger partial charge in [0.25, 0.3) is 0 Å². The summed E-state index contributed by atoms with van der Waals surface area (Å²) in [4.78, 5) is 9.63. The Labute approximate surface area is 217 Å². The average Bonchev–Trinajstić information content (AvgIpc) is 3.27. The van der Waals surface area contributed by atoms with Gasteiger partial charge in [-0.1, -0.05) is 51.9 Å². The van der Waals surface area contributed by atoms with E-state index in [4.69, 9.17) is 9.41 Å². The molecule has 194 valence electrons. The molecule has 5 nitrogen and oxygen atoms in total. The fourth-order valence-corrected chi connectivity index (χ4v) is 9.57. The number of fused-ring (bicyclic) bond motifs is 2.